The van der Waals surface area contributed by atoms with E-state index >= 15 is 0 Å². The van der Waals surface area contributed by atoms with Gasteiger partial charge in [-0.15, -0.1) is 0 Å². The number of Topliss-reactive ketones (excluding diaryl/α,β-unsaturated/α-hetero) is 1. The molecule has 1 amide bonds. The molecule has 7 nitrogen and oxygen atoms in total. The van der Waals surface area contributed by atoms with Crippen molar-refractivity contribution in [3.05, 3.63) is 69.2 Å². The zero-order valence-electron chi connectivity index (χ0n) is 18.1. The van der Waals surface area contributed by atoms with Crippen molar-refractivity contribution in [2.24, 2.45) is 0 Å². The van der Waals surface area contributed by atoms with Crippen molar-refractivity contribution in [2.75, 3.05) is 46.5 Å². The number of methoxy groups -OCH3 is 1. The number of rotatable bonds is 6. The largest absolute Gasteiger partial charge is 0.507 e. The fourth-order valence-corrected chi connectivity index (χ4v) is 4.63. The van der Waals surface area contributed by atoms with Gasteiger partial charge in [-0.1, -0.05) is 35.3 Å². The van der Waals surface area contributed by atoms with Gasteiger partial charge in [0.2, 0.25) is 0 Å². The SMILES string of the molecule is COc1ccc(C(O)=C2C(=O)C(=O)N(CCN3CCOCC3)[C@@H]2c2cccc(Cl)c2)cc1Cl. The highest BCUT2D eigenvalue weighted by atomic mass is 35.5. The molecule has 174 valence electrons. The highest BCUT2D eigenvalue weighted by Crippen LogP contribution is 2.40. The minimum absolute atomic E-state index is 0.00507. The molecule has 2 heterocycles. The predicted octanol–water partition coefficient (Wildman–Crippen LogP) is 3.76. The van der Waals surface area contributed by atoms with E-state index in [4.69, 9.17) is 32.7 Å². The van der Waals surface area contributed by atoms with Gasteiger partial charge in [0, 0.05) is 36.8 Å². The highest BCUT2D eigenvalue weighted by Gasteiger charge is 2.46. The van der Waals surface area contributed by atoms with Crippen molar-refractivity contribution in [2.45, 2.75) is 6.04 Å². The Labute approximate surface area is 202 Å². The Kier molecular flexibility index (Phi) is 7.24. The molecule has 2 aromatic carbocycles. The molecule has 0 aliphatic carbocycles. The first-order chi connectivity index (χ1) is 15.9. The van der Waals surface area contributed by atoms with Crippen LogP contribution in [0, 0.1) is 0 Å². The van der Waals surface area contributed by atoms with E-state index in [0.717, 1.165) is 13.1 Å². The average molecular weight is 491 g/mol. The summed E-state index contributed by atoms with van der Waals surface area (Å²) < 4.78 is 10.6. The Balaban J connectivity index is 1.75. The molecule has 0 unspecified atom stereocenters. The van der Waals surface area contributed by atoms with E-state index in [0.29, 0.717) is 48.2 Å². The van der Waals surface area contributed by atoms with Crippen LogP contribution in [0.5, 0.6) is 5.75 Å². The van der Waals surface area contributed by atoms with E-state index in [1.807, 2.05) is 0 Å². The van der Waals surface area contributed by atoms with E-state index in [9.17, 15) is 14.7 Å². The molecule has 2 aromatic rings. The first kappa shape index (κ1) is 23.6. The van der Waals surface area contributed by atoms with Crippen LogP contribution in [0.25, 0.3) is 5.76 Å². The molecule has 2 fully saturated rings. The molecule has 9 heteroatoms. The summed E-state index contributed by atoms with van der Waals surface area (Å²) in [6, 6.07) is 10.9. The molecule has 0 aromatic heterocycles. The summed E-state index contributed by atoms with van der Waals surface area (Å²) in [5.41, 5.74) is 0.967. The molecular weight excluding hydrogens is 467 g/mol. The summed E-state index contributed by atoms with van der Waals surface area (Å²) >= 11 is 12.5. The number of halogens is 2. The number of carbonyl (C=O) groups is 2. The normalized spacial score (nSPS) is 20.9. The van der Waals surface area contributed by atoms with Gasteiger partial charge in [0.15, 0.2) is 0 Å². The Bertz CT molecular complexity index is 1100. The molecule has 2 saturated heterocycles. The molecule has 0 radical (unpaired) electrons. The first-order valence-corrected chi connectivity index (χ1v) is 11.3. The van der Waals surface area contributed by atoms with Crippen molar-refractivity contribution in [1.29, 1.82) is 0 Å². The number of ether oxygens (including phenoxy) is 2. The van der Waals surface area contributed by atoms with Gasteiger partial charge in [0.25, 0.3) is 11.7 Å². The number of morpholine rings is 1. The van der Waals surface area contributed by atoms with Crippen LogP contribution in [-0.4, -0.2) is 73.1 Å². The second kappa shape index (κ2) is 10.1. The fourth-order valence-electron chi connectivity index (χ4n) is 4.18. The van der Waals surface area contributed by atoms with Gasteiger partial charge < -0.3 is 19.5 Å². The molecule has 0 bridgehead atoms. The molecule has 1 atom stereocenters. The number of aliphatic hydroxyl groups excluding tert-OH is 1. The van der Waals surface area contributed by atoms with E-state index in [1.54, 1.807) is 36.4 Å². The maximum atomic E-state index is 13.1. The second-order valence-electron chi connectivity index (χ2n) is 7.85. The Morgan fingerprint density at radius 3 is 2.55 bits per heavy atom. The number of ketones is 1. The average Bonchev–Trinajstić information content (AvgIpc) is 3.07. The number of amides is 1. The maximum absolute atomic E-state index is 13.1. The number of nitrogens with zero attached hydrogens (tertiary/aromatic N) is 2. The summed E-state index contributed by atoms with van der Waals surface area (Å²) in [5.74, 6) is -1.26. The zero-order valence-corrected chi connectivity index (χ0v) is 19.6. The Hall–Kier alpha value is -2.58. The van der Waals surface area contributed by atoms with Crippen molar-refractivity contribution >= 4 is 40.7 Å². The van der Waals surface area contributed by atoms with Gasteiger partial charge in [-0.3, -0.25) is 14.5 Å². The zero-order chi connectivity index (χ0) is 23.5. The van der Waals surface area contributed by atoms with E-state index in [1.165, 1.54) is 18.1 Å². The summed E-state index contributed by atoms with van der Waals surface area (Å²) in [5, 5.41) is 11.9. The van der Waals surface area contributed by atoms with Crippen molar-refractivity contribution < 1.29 is 24.2 Å². The van der Waals surface area contributed by atoms with Gasteiger partial charge in [0.05, 0.1) is 37.0 Å². The van der Waals surface area contributed by atoms with E-state index in [-0.39, 0.29) is 16.4 Å². The molecule has 4 rings (SSSR count). The lowest BCUT2D eigenvalue weighted by atomic mass is 9.95. The van der Waals surface area contributed by atoms with Crippen LogP contribution < -0.4 is 4.74 Å². The summed E-state index contributed by atoms with van der Waals surface area (Å²) in [4.78, 5) is 29.9. The quantitative estimate of drug-likeness (QED) is 0.377. The standard InChI is InChI=1S/C24H24Cl2N2O5/c1-32-19-6-5-16(14-18(19)26)22(29)20-21(15-3-2-4-17(25)13-15)28(24(31)23(20)30)8-7-27-9-11-33-12-10-27/h2-6,13-14,21,29H,7-12H2,1H3/t21-/m1/s1. The van der Waals surface area contributed by atoms with Gasteiger partial charge >= 0.3 is 0 Å². The molecule has 2 aliphatic heterocycles. The van der Waals surface area contributed by atoms with Crippen LogP contribution in [0.1, 0.15) is 17.2 Å². The lowest BCUT2D eigenvalue weighted by Gasteiger charge is -2.31. The number of hydrogen-bond donors (Lipinski definition) is 1. The number of aliphatic hydroxyl groups is 1. The molecule has 2 aliphatic rings. The highest BCUT2D eigenvalue weighted by molar-refractivity contribution is 6.46. The number of likely N-dealkylation sites (tertiary alicyclic amines) is 1. The molecule has 0 spiro atoms. The van der Waals surface area contributed by atoms with Gasteiger partial charge in [-0.2, -0.15) is 0 Å². The molecule has 33 heavy (non-hydrogen) atoms. The Morgan fingerprint density at radius 2 is 1.88 bits per heavy atom. The second-order valence-corrected chi connectivity index (χ2v) is 8.69. The number of carbonyl (C=O) groups excluding carboxylic acids is 2. The number of benzene rings is 2. The smallest absolute Gasteiger partial charge is 0.295 e. The molecule has 0 saturated carbocycles. The summed E-state index contributed by atoms with van der Waals surface area (Å²) in [7, 11) is 1.49. The van der Waals surface area contributed by atoms with E-state index in [2.05, 4.69) is 4.90 Å². The van der Waals surface area contributed by atoms with Gasteiger partial charge in [0.1, 0.15) is 11.5 Å². The third-order valence-electron chi connectivity index (χ3n) is 5.89. The van der Waals surface area contributed by atoms with Crippen LogP contribution in [0.4, 0.5) is 0 Å². The number of hydrogen-bond acceptors (Lipinski definition) is 6. The Morgan fingerprint density at radius 1 is 1.12 bits per heavy atom. The van der Waals surface area contributed by atoms with Gasteiger partial charge in [-0.05, 0) is 35.9 Å². The maximum Gasteiger partial charge on any atom is 0.295 e. The van der Waals surface area contributed by atoms with Crippen LogP contribution in [0.15, 0.2) is 48.0 Å². The van der Waals surface area contributed by atoms with Crippen molar-refractivity contribution in [3.8, 4) is 5.75 Å². The molecular formula is C24H24Cl2N2O5. The lowest BCUT2D eigenvalue weighted by molar-refractivity contribution is -0.140. The van der Waals surface area contributed by atoms with Crippen molar-refractivity contribution in [1.82, 2.24) is 9.80 Å². The van der Waals surface area contributed by atoms with Crippen LogP contribution >= 0.6 is 23.2 Å². The summed E-state index contributed by atoms with van der Waals surface area (Å²) in [6.45, 7) is 3.69. The van der Waals surface area contributed by atoms with Gasteiger partial charge in [-0.25, -0.2) is 0 Å². The third-order valence-corrected chi connectivity index (χ3v) is 6.42. The van der Waals surface area contributed by atoms with Crippen molar-refractivity contribution in [3.63, 3.8) is 0 Å². The molecule has 1 N–H and O–H groups in total. The predicted molar refractivity (Wildman–Crippen MR) is 126 cm³/mol. The monoisotopic (exact) mass is 490 g/mol. The van der Waals surface area contributed by atoms with Crippen LogP contribution in [-0.2, 0) is 14.3 Å². The van der Waals surface area contributed by atoms with Crippen LogP contribution in [0.2, 0.25) is 10.0 Å². The minimum atomic E-state index is -0.773. The third kappa shape index (κ3) is 4.87. The topological polar surface area (TPSA) is 79.3 Å². The lowest BCUT2D eigenvalue weighted by Crippen LogP contribution is -2.42. The van der Waals surface area contributed by atoms with Crippen LogP contribution in [0.3, 0.4) is 0 Å². The minimum Gasteiger partial charge on any atom is -0.507 e. The van der Waals surface area contributed by atoms with E-state index < -0.39 is 17.7 Å². The first-order valence-electron chi connectivity index (χ1n) is 10.6. The fraction of sp³-hybridized carbons (Fsp3) is 0.333. The summed E-state index contributed by atoms with van der Waals surface area (Å²) in [6.07, 6.45) is 0.